The van der Waals surface area contributed by atoms with Crippen LogP contribution in [0, 0.1) is 0 Å². The van der Waals surface area contributed by atoms with Gasteiger partial charge in [-0.05, 0) is 30.9 Å². The summed E-state index contributed by atoms with van der Waals surface area (Å²) in [4.78, 5) is 38.9. The fourth-order valence-electron chi connectivity index (χ4n) is 3.86. The second-order valence-corrected chi connectivity index (χ2v) is 7.57. The van der Waals surface area contributed by atoms with E-state index in [0.29, 0.717) is 43.1 Å². The molecule has 0 spiro atoms. The number of carbonyl (C=O) groups is 2. The highest BCUT2D eigenvalue weighted by Crippen LogP contribution is 2.18. The molecular weight excluding hydrogens is 380 g/mol. The van der Waals surface area contributed by atoms with Crippen LogP contribution in [0.3, 0.4) is 0 Å². The molecule has 0 atom stereocenters. The SMILES string of the molecule is O=C(CCc1ccccc1)NC1CCN(C(=O)c2n[nH]c(=O)c3ccccc23)CC1. The molecule has 7 heteroatoms. The van der Waals surface area contributed by atoms with Crippen molar-refractivity contribution in [2.45, 2.75) is 31.7 Å². The van der Waals surface area contributed by atoms with E-state index in [4.69, 9.17) is 0 Å². The summed E-state index contributed by atoms with van der Waals surface area (Å²) in [5.41, 5.74) is 1.10. The molecule has 1 aliphatic heterocycles. The van der Waals surface area contributed by atoms with E-state index in [9.17, 15) is 14.4 Å². The highest BCUT2D eigenvalue weighted by Gasteiger charge is 2.26. The predicted octanol–water partition coefficient (Wildman–Crippen LogP) is 2.28. The minimum absolute atomic E-state index is 0.0388. The molecule has 0 saturated carbocycles. The molecule has 0 unspecified atom stereocenters. The predicted molar refractivity (Wildman–Crippen MR) is 114 cm³/mol. The van der Waals surface area contributed by atoms with Crippen LogP contribution in [0.4, 0.5) is 0 Å². The highest BCUT2D eigenvalue weighted by atomic mass is 16.2. The lowest BCUT2D eigenvalue weighted by atomic mass is 10.0. The molecule has 0 radical (unpaired) electrons. The number of amides is 2. The van der Waals surface area contributed by atoms with E-state index in [0.717, 1.165) is 12.0 Å². The van der Waals surface area contributed by atoms with Gasteiger partial charge in [0, 0.05) is 30.9 Å². The Morgan fingerprint density at radius 1 is 1.00 bits per heavy atom. The van der Waals surface area contributed by atoms with E-state index in [-0.39, 0.29) is 29.1 Å². The van der Waals surface area contributed by atoms with Crippen molar-refractivity contribution in [2.24, 2.45) is 0 Å². The Morgan fingerprint density at radius 3 is 2.40 bits per heavy atom. The van der Waals surface area contributed by atoms with Gasteiger partial charge >= 0.3 is 0 Å². The monoisotopic (exact) mass is 404 g/mol. The van der Waals surface area contributed by atoms with Gasteiger partial charge in [-0.3, -0.25) is 14.4 Å². The van der Waals surface area contributed by atoms with Crippen molar-refractivity contribution in [3.8, 4) is 0 Å². The lowest BCUT2D eigenvalue weighted by Gasteiger charge is -2.32. The van der Waals surface area contributed by atoms with Gasteiger partial charge in [0.2, 0.25) is 5.91 Å². The average molecular weight is 404 g/mol. The molecule has 4 rings (SSSR count). The van der Waals surface area contributed by atoms with Crippen LogP contribution in [-0.2, 0) is 11.2 Å². The zero-order chi connectivity index (χ0) is 20.9. The number of fused-ring (bicyclic) bond motifs is 1. The number of nitrogens with one attached hydrogen (secondary N) is 2. The zero-order valence-electron chi connectivity index (χ0n) is 16.6. The Balaban J connectivity index is 1.32. The van der Waals surface area contributed by atoms with Gasteiger partial charge in [0.1, 0.15) is 0 Å². The molecule has 3 aromatic rings. The summed E-state index contributed by atoms with van der Waals surface area (Å²) >= 11 is 0. The second kappa shape index (κ2) is 8.90. The maximum atomic E-state index is 13.0. The third-order valence-electron chi connectivity index (χ3n) is 5.53. The number of carbonyl (C=O) groups excluding carboxylic acids is 2. The van der Waals surface area contributed by atoms with Crippen molar-refractivity contribution in [3.63, 3.8) is 0 Å². The minimum Gasteiger partial charge on any atom is -0.353 e. The first-order valence-electron chi connectivity index (χ1n) is 10.2. The number of hydrogen-bond donors (Lipinski definition) is 2. The Hall–Kier alpha value is -3.48. The fraction of sp³-hybridized carbons (Fsp3) is 0.304. The number of aromatic amines is 1. The summed E-state index contributed by atoms with van der Waals surface area (Å²) in [6, 6.07) is 17.0. The van der Waals surface area contributed by atoms with Gasteiger partial charge in [-0.25, -0.2) is 5.10 Å². The smallest absolute Gasteiger partial charge is 0.274 e. The number of nitrogens with zero attached hydrogens (tertiary/aromatic N) is 2. The number of likely N-dealkylation sites (tertiary alicyclic amines) is 1. The molecule has 1 saturated heterocycles. The van der Waals surface area contributed by atoms with Crippen LogP contribution in [0.25, 0.3) is 10.8 Å². The van der Waals surface area contributed by atoms with Gasteiger partial charge in [-0.15, -0.1) is 0 Å². The number of piperidine rings is 1. The molecule has 2 amide bonds. The first-order chi connectivity index (χ1) is 14.6. The first kappa shape index (κ1) is 19.8. The fourth-order valence-corrected chi connectivity index (χ4v) is 3.86. The van der Waals surface area contributed by atoms with Crippen LogP contribution in [0.5, 0.6) is 0 Å². The van der Waals surface area contributed by atoms with E-state index in [1.165, 1.54) is 0 Å². The van der Waals surface area contributed by atoms with Gasteiger partial charge < -0.3 is 10.2 Å². The number of aryl methyl sites for hydroxylation is 1. The number of aromatic nitrogens is 2. The summed E-state index contributed by atoms with van der Waals surface area (Å²) in [6.07, 6.45) is 2.57. The van der Waals surface area contributed by atoms with Crippen LogP contribution in [0.2, 0.25) is 0 Å². The standard InChI is InChI=1S/C23H24N4O3/c28-20(11-10-16-6-2-1-3-7-16)24-17-12-14-27(15-13-17)23(30)21-18-8-4-5-9-19(18)22(29)26-25-21/h1-9,17H,10-15H2,(H,24,28)(H,26,29). The van der Waals surface area contributed by atoms with Gasteiger partial charge in [0.15, 0.2) is 5.69 Å². The number of benzene rings is 2. The molecule has 0 bridgehead atoms. The first-order valence-corrected chi connectivity index (χ1v) is 10.2. The molecule has 1 aliphatic rings. The molecule has 2 aromatic carbocycles. The van der Waals surface area contributed by atoms with Crippen molar-refractivity contribution in [1.29, 1.82) is 0 Å². The third kappa shape index (κ3) is 4.40. The van der Waals surface area contributed by atoms with Crippen molar-refractivity contribution >= 4 is 22.6 Å². The number of rotatable bonds is 5. The minimum atomic E-state index is -0.306. The summed E-state index contributed by atoms with van der Waals surface area (Å²) in [6.45, 7) is 1.08. The molecule has 154 valence electrons. The zero-order valence-corrected chi connectivity index (χ0v) is 16.6. The molecule has 7 nitrogen and oxygen atoms in total. The molecule has 1 aromatic heterocycles. The molecule has 2 heterocycles. The van der Waals surface area contributed by atoms with Crippen molar-refractivity contribution < 1.29 is 9.59 Å². The molecular formula is C23H24N4O3. The summed E-state index contributed by atoms with van der Waals surface area (Å²) < 4.78 is 0. The van der Waals surface area contributed by atoms with Gasteiger partial charge in [0.05, 0.1) is 5.39 Å². The number of H-pyrrole nitrogens is 1. The maximum Gasteiger partial charge on any atom is 0.274 e. The van der Waals surface area contributed by atoms with E-state index in [1.807, 2.05) is 30.3 Å². The summed E-state index contributed by atoms with van der Waals surface area (Å²) in [5, 5.41) is 10.5. The van der Waals surface area contributed by atoms with Crippen molar-refractivity contribution in [3.05, 3.63) is 76.2 Å². The van der Waals surface area contributed by atoms with E-state index < -0.39 is 0 Å². The van der Waals surface area contributed by atoms with Crippen molar-refractivity contribution in [2.75, 3.05) is 13.1 Å². The molecule has 2 N–H and O–H groups in total. The van der Waals surface area contributed by atoms with E-state index in [1.54, 1.807) is 29.2 Å². The van der Waals surface area contributed by atoms with E-state index >= 15 is 0 Å². The van der Waals surface area contributed by atoms with Crippen LogP contribution < -0.4 is 10.9 Å². The normalized spacial score (nSPS) is 14.6. The Morgan fingerprint density at radius 2 is 1.67 bits per heavy atom. The maximum absolute atomic E-state index is 13.0. The lowest BCUT2D eigenvalue weighted by molar-refractivity contribution is -0.122. The van der Waals surface area contributed by atoms with Crippen LogP contribution in [-0.4, -0.2) is 46.0 Å². The van der Waals surface area contributed by atoms with Gasteiger partial charge in [-0.2, -0.15) is 5.10 Å². The van der Waals surface area contributed by atoms with Crippen LogP contribution in [0.15, 0.2) is 59.4 Å². The highest BCUT2D eigenvalue weighted by molar-refractivity contribution is 6.04. The molecule has 1 fully saturated rings. The van der Waals surface area contributed by atoms with Crippen LogP contribution >= 0.6 is 0 Å². The van der Waals surface area contributed by atoms with Gasteiger partial charge in [0.25, 0.3) is 11.5 Å². The Bertz CT molecular complexity index is 1100. The Kier molecular flexibility index (Phi) is 5.88. The van der Waals surface area contributed by atoms with Gasteiger partial charge in [-0.1, -0.05) is 48.5 Å². The lowest BCUT2D eigenvalue weighted by Crippen LogP contribution is -2.46. The van der Waals surface area contributed by atoms with Crippen LogP contribution in [0.1, 0.15) is 35.3 Å². The largest absolute Gasteiger partial charge is 0.353 e. The van der Waals surface area contributed by atoms with E-state index in [2.05, 4.69) is 15.5 Å². The Labute approximate surface area is 174 Å². The summed E-state index contributed by atoms with van der Waals surface area (Å²) in [7, 11) is 0. The average Bonchev–Trinajstić information content (AvgIpc) is 2.79. The number of hydrogen-bond acceptors (Lipinski definition) is 4. The summed E-state index contributed by atoms with van der Waals surface area (Å²) in [5.74, 6) is -0.159. The molecule has 30 heavy (non-hydrogen) atoms. The quantitative estimate of drug-likeness (QED) is 0.682. The second-order valence-electron chi connectivity index (χ2n) is 7.57. The van der Waals surface area contributed by atoms with Crippen molar-refractivity contribution in [1.82, 2.24) is 20.4 Å². The third-order valence-corrected chi connectivity index (χ3v) is 5.53. The topological polar surface area (TPSA) is 95.2 Å². The molecule has 0 aliphatic carbocycles.